The molecule has 1 amide bonds. The van der Waals surface area contributed by atoms with Gasteiger partial charge in [-0.15, -0.1) is 0 Å². The van der Waals surface area contributed by atoms with Gasteiger partial charge in [-0.1, -0.05) is 43.3 Å². The number of hydrogen-bond acceptors (Lipinski definition) is 6. The number of Topliss-reactive ketones (excluding diaryl/α,β-unsaturated/α-hetero) is 1. The molecule has 1 aliphatic rings. The van der Waals surface area contributed by atoms with Gasteiger partial charge in [-0.3, -0.25) is 14.5 Å². The van der Waals surface area contributed by atoms with Crippen molar-refractivity contribution in [1.29, 1.82) is 0 Å². The first kappa shape index (κ1) is 23.9. The Morgan fingerprint density at radius 2 is 1.66 bits per heavy atom. The molecule has 4 rings (SSSR count). The molecule has 0 aliphatic carbocycles. The molecular weight excluding hydrogens is 446 g/mol. The van der Waals surface area contributed by atoms with E-state index in [1.54, 1.807) is 42.5 Å². The lowest BCUT2D eigenvalue weighted by atomic mass is 9.95. The van der Waals surface area contributed by atoms with Crippen LogP contribution in [0.3, 0.4) is 0 Å². The maximum atomic E-state index is 13.3. The van der Waals surface area contributed by atoms with Crippen molar-refractivity contribution in [2.24, 2.45) is 0 Å². The van der Waals surface area contributed by atoms with Crippen LogP contribution in [0.25, 0.3) is 5.76 Å². The average molecular weight is 474 g/mol. The van der Waals surface area contributed by atoms with Gasteiger partial charge in [0.05, 0.1) is 32.4 Å². The summed E-state index contributed by atoms with van der Waals surface area (Å²) in [6.45, 7) is 2.54. The highest BCUT2D eigenvalue weighted by atomic mass is 16.5. The largest absolute Gasteiger partial charge is 0.507 e. The van der Waals surface area contributed by atoms with Gasteiger partial charge in [-0.2, -0.15) is 0 Å². The van der Waals surface area contributed by atoms with E-state index in [1.807, 2.05) is 37.3 Å². The fourth-order valence-electron chi connectivity index (χ4n) is 4.13. The zero-order chi connectivity index (χ0) is 24.9. The summed E-state index contributed by atoms with van der Waals surface area (Å²) in [5.74, 6) is -0.327. The van der Waals surface area contributed by atoms with E-state index in [1.165, 1.54) is 19.1 Å². The molecule has 7 heteroatoms. The van der Waals surface area contributed by atoms with E-state index < -0.39 is 17.7 Å². The Bertz CT molecular complexity index is 1270. The summed E-state index contributed by atoms with van der Waals surface area (Å²) < 4.78 is 16.4. The van der Waals surface area contributed by atoms with E-state index in [0.29, 0.717) is 40.7 Å². The monoisotopic (exact) mass is 473 g/mol. The molecule has 1 saturated heterocycles. The van der Waals surface area contributed by atoms with Crippen LogP contribution in [0, 0.1) is 0 Å². The lowest BCUT2D eigenvalue weighted by molar-refractivity contribution is -0.132. The van der Waals surface area contributed by atoms with Crippen LogP contribution in [0.5, 0.6) is 17.2 Å². The second-order valence-electron chi connectivity index (χ2n) is 8.00. The quantitative estimate of drug-likeness (QED) is 0.278. The van der Waals surface area contributed by atoms with Crippen LogP contribution in [-0.4, -0.2) is 37.6 Å². The van der Waals surface area contributed by atoms with Crippen LogP contribution < -0.4 is 19.1 Å². The standard InChI is InChI=1S/C28H27NO6/c1-4-15-35-21-12-8-11-20(17-21)29-25(18-9-6-5-7-10-18)24(27(31)28(29)32)26(30)19-13-14-22(33-2)23(16-19)34-3/h5-14,16-17,25,30H,4,15H2,1-3H3/b26-24+. The maximum Gasteiger partial charge on any atom is 0.300 e. The number of amides is 1. The van der Waals surface area contributed by atoms with Gasteiger partial charge in [-0.05, 0) is 42.3 Å². The number of hydrogen-bond donors (Lipinski definition) is 1. The van der Waals surface area contributed by atoms with Crippen molar-refractivity contribution in [3.63, 3.8) is 0 Å². The van der Waals surface area contributed by atoms with Gasteiger partial charge in [0, 0.05) is 17.3 Å². The number of aliphatic hydroxyl groups excluding tert-OH is 1. The number of nitrogens with zero attached hydrogens (tertiary/aromatic N) is 1. The molecule has 7 nitrogen and oxygen atoms in total. The van der Waals surface area contributed by atoms with Crippen molar-refractivity contribution in [2.45, 2.75) is 19.4 Å². The number of rotatable bonds is 8. The summed E-state index contributed by atoms with van der Waals surface area (Å²) in [6.07, 6.45) is 0.837. The first-order chi connectivity index (χ1) is 17.0. The highest BCUT2D eigenvalue weighted by molar-refractivity contribution is 6.51. The van der Waals surface area contributed by atoms with Crippen molar-refractivity contribution < 1.29 is 28.9 Å². The van der Waals surface area contributed by atoms with Crippen LogP contribution in [0.4, 0.5) is 5.69 Å². The minimum absolute atomic E-state index is 0.00620. The Labute approximate surface area is 204 Å². The van der Waals surface area contributed by atoms with E-state index in [2.05, 4.69) is 0 Å². The molecule has 0 aromatic heterocycles. The van der Waals surface area contributed by atoms with Crippen LogP contribution in [0.15, 0.2) is 78.4 Å². The Hall–Kier alpha value is -4.26. The molecule has 1 heterocycles. The molecule has 1 N–H and O–H groups in total. The number of benzene rings is 3. The summed E-state index contributed by atoms with van der Waals surface area (Å²) in [5, 5.41) is 11.3. The lowest BCUT2D eigenvalue weighted by Crippen LogP contribution is -2.29. The number of aliphatic hydroxyl groups is 1. The normalized spacial score (nSPS) is 16.9. The van der Waals surface area contributed by atoms with Gasteiger partial charge in [-0.25, -0.2) is 0 Å². The second kappa shape index (κ2) is 10.3. The zero-order valence-electron chi connectivity index (χ0n) is 19.9. The molecule has 1 atom stereocenters. The Balaban J connectivity index is 1.88. The minimum atomic E-state index is -0.828. The Morgan fingerprint density at radius 3 is 2.34 bits per heavy atom. The van der Waals surface area contributed by atoms with Gasteiger partial charge >= 0.3 is 0 Å². The van der Waals surface area contributed by atoms with E-state index >= 15 is 0 Å². The summed E-state index contributed by atoms with van der Waals surface area (Å²) in [4.78, 5) is 28.1. The van der Waals surface area contributed by atoms with Crippen LogP contribution >= 0.6 is 0 Å². The summed E-state index contributed by atoms with van der Waals surface area (Å²) in [5.41, 5.74) is 1.52. The molecule has 1 unspecified atom stereocenters. The Morgan fingerprint density at radius 1 is 0.914 bits per heavy atom. The van der Waals surface area contributed by atoms with Crippen LogP contribution in [0.2, 0.25) is 0 Å². The van der Waals surface area contributed by atoms with Gasteiger partial charge in [0.1, 0.15) is 11.5 Å². The molecule has 0 spiro atoms. The van der Waals surface area contributed by atoms with Gasteiger partial charge in [0.25, 0.3) is 11.7 Å². The van der Waals surface area contributed by atoms with Crippen LogP contribution in [0.1, 0.15) is 30.5 Å². The molecule has 35 heavy (non-hydrogen) atoms. The Kier molecular flexibility index (Phi) is 7.06. The zero-order valence-corrected chi connectivity index (χ0v) is 19.9. The highest BCUT2D eigenvalue weighted by Crippen LogP contribution is 2.43. The number of ketones is 1. The number of ether oxygens (including phenoxy) is 3. The van der Waals surface area contributed by atoms with Gasteiger partial charge < -0.3 is 19.3 Å². The third kappa shape index (κ3) is 4.57. The smallest absolute Gasteiger partial charge is 0.300 e. The molecule has 3 aromatic carbocycles. The fraction of sp³-hybridized carbons (Fsp3) is 0.214. The molecule has 1 fully saturated rings. The van der Waals surface area contributed by atoms with E-state index in [0.717, 1.165) is 6.42 Å². The highest BCUT2D eigenvalue weighted by Gasteiger charge is 2.47. The van der Waals surface area contributed by atoms with Crippen molar-refractivity contribution in [1.82, 2.24) is 0 Å². The number of carbonyl (C=O) groups is 2. The van der Waals surface area contributed by atoms with E-state index in [4.69, 9.17) is 14.2 Å². The first-order valence-corrected chi connectivity index (χ1v) is 11.3. The molecule has 3 aromatic rings. The third-order valence-electron chi connectivity index (χ3n) is 5.79. The first-order valence-electron chi connectivity index (χ1n) is 11.3. The minimum Gasteiger partial charge on any atom is -0.507 e. The van der Waals surface area contributed by atoms with Crippen LogP contribution in [-0.2, 0) is 9.59 Å². The number of carbonyl (C=O) groups excluding carboxylic acids is 2. The van der Waals surface area contributed by atoms with Gasteiger partial charge in [0.2, 0.25) is 0 Å². The molecule has 1 aliphatic heterocycles. The van der Waals surface area contributed by atoms with Crippen molar-refractivity contribution >= 4 is 23.1 Å². The van der Waals surface area contributed by atoms with E-state index in [9.17, 15) is 14.7 Å². The SMILES string of the molecule is CCCOc1cccc(N2C(=O)C(=O)/C(=C(/O)c3ccc(OC)c(OC)c3)C2c2ccccc2)c1. The van der Waals surface area contributed by atoms with Gasteiger partial charge in [0.15, 0.2) is 11.5 Å². The maximum absolute atomic E-state index is 13.3. The molecule has 0 radical (unpaired) electrons. The summed E-state index contributed by atoms with van der Waals surface area (Å²) in [7, 11) is 2.99. The molecule has 180 valence electrons. The average Bonchev–Trinajstić information content (AvgIpc) is 3.17. The topological polar surface area (TPSA) is 85.3 Å². The lowest BCUT2D eigenvalue weighted by Gasteiger charge is -2.26. The van der Waals surface area contributed by atoms with Crippen molar-refractivity contribution in [3.05, 3.63) is 89.5 Å². The van der Waals surface area contributed by atoms with Crippen molar-refractivity contribution in [2.75, 3.05) is 25.7 Å². The third-order valence-corrected chi connectivity index (χ3v) is 5.79. The predicted octanol–water partition coefficient (Wildman–Crippen LogP) is 5.12. The molecular formula is C28H27NO6. The number of anilines is 1. The summed E-state index contributed by atoms with van der Waals surface area (Å²) >= 11 is 0. The molecule has 0 saturated carbocycles. The predicted molar refractivity (Wildman–Crippen MR) is 133 cm³/mol. The molecule has 0 bridgehead atoms. The fourth-order valence-corrected chi connectivity index (χ4v) is 4.13. The second-order valence-corrected chi connectivity index (χ2v) is 8.00. The number of methoxy groups -OCH3 is 2. The summed E-state index contributed by atoms with van der Waals surface area (Å²) in [6, 6.07) is 20.2. The van der Waals surface area contributed by atoms with Crippen molar-refractivity contribution in [3.8, 4) is 17.2 Å². The van der Waals surface area contributed by atoms with E-state index in [-0.39, 0.29) is 11.3 Å².